The lowest BCUT2D eigenvalue weighted by molar-refractivity contribution is 0.719. The van der Waals surface area contributed by atoms with Crippen LogP contribution in [0.2, 0.25) is 0 Å². The van der Waals surface area contributed by atoms with Gasteiger partial charge in [0.15, 0.2) is 0 Å². The van der Waals surface area contributed by atoms with Crippen molar-refractivity contribution in [1.29, 1.82) is 0 Å². The number of fused-ring (bicyclic) bond motifs is 3. The molecule has 1 aliphatic heterocycles. The molecular formula is C18H20N4. The molecule has 112 valence electrons. The molecule has 1 aromatic carbocycles. The summed E-state index contributed by atoms with van der Waals surface area (Å²) in [6, 6.07) is 8.85. The molecule has 3 aliphatic rings. The largest absolute Gasteiger partial charge is 0.326 e. The van der Waals surface area contributed by atoms with E-state index in [4.69, 9.17) is 5.73 Å². The van der Waals surface area contributed by atoms with E-state index in [1.54, 1.807) is 0 Å². The van der Waals surface area contributed by atoms with Gasteiger partial charge in [-0.05, 0) is 61.3 Å². The average Bonchev–Trinajstić information content (AvgIpc) is 3.42. The highest BCUT2D eigenvalue weighted by Gasteiger charge is 2.47. The molecule has 0 saturated heterocycles. The predicted octanol–water partition coefficient (Wildman–Crippen LogP) is 2.99. The first-order valence-corrected chi connectivity index (χ1v) is 8.15. The third-order valence-corrected chi connectivity index (χ3v) is 5.46. The van der Waals surface area contributed by atoms with Crippen molar-refractivity contribution in [2.45, 2.75) is 37.6 Å². The second-order valence-electron chi connectivity index (χ2n) is 7.10. The zero-order valence-electron chi connectivity index (χ0n) is 12.8. The molecule has 0 radical (unpaired) electrons. The molecule has 0 unspecified atom stereocenters. The molecular weight excluding hydrogens is 272 g/mol. The Morgan fingerprint density at radius 3 is 2.91 bits per heavy atom. The normalized spacial score (nSPS) is 27.1. The third-order valence-electron chi connectivity index (χ3n) is 5.46. The van der Waals surface area contributed by atoms with Gasteiger partial charge in [0, 0.05) is 24.0 Å². The van der Waals surface area contributed by atoms with Crippen molar-refractivity contribution in [3.05, 3.63) is 47.4 Å². The first-order chi connectivity index (χ1) is 10.6. The summed E-state index contributed by atoms with van der Waals surface area (Å²) in [5.74, 6) is 3.34. The molecule has 5 rings (SSSR count). The number of hydrogen-bond acceptors (Lipinski definition) is 4. The van der Waals surface area contributed by atoms with Gasteiger partial charge < -0.3 is 10.6 Å². The highest BCUT2D eigenvalue weighted by Crippen LogP contribution is 2.57. The second kappa shape index (κ2) is 4.07. The van der Waals surface area contributed by atoms with Gasteiger partial charge in [-0.1, -0.05) is 12.1 Å². The summed E-state index contributed by atoms with van der Waals surface area (Å²) >= 11 is 0. The molecule has 0 spiro atoms. The van der Waals surface area contributed by atoms with Crippen LogP contribution in [-0.4, -0.2) is 16.5 Å². The van der Waals surface area contributed by atoms with Crippen LogP contribution < -0.4 is 10.6 Å². The molecule has 22 heavy (non-hydrogen) atoms. The highest BCUT2D eigenvalue weighted by molar-refractivity contribution is 5.69. The van der Waals surface area contributed by atoms with Crippen LogP contribution >= 0.6 is 0 Å². The van der Waals surface area contributed by atoms with Gasteiger partial charge in [-0.25, -0.2) is 9.97 Å². The van der Waals surface area contributed by atoms with Crippen molar-refractivity contribution < 1.29 is 0 Å². The number of nitrogens with zero attached hydrogens (tertiary/aromatic N) is 3. The molecule has 2 fully saturated rings. The molecule has 2 N–H and O–H groups in total. The van der Waals surface area contributed by atoms with Crippen LogP contribution in [0.15, 0.2) is 30.5 Å². The van der Waals surface area contributed by atoms with Gasteiger partial charge in [-0.15, -0.1) is 0 Å². The minimum atomic E-state index is -0.0484. The predicted molar refractivity (Wildman–Crippen MR) is 86.2 cm³/mol. The Balaban J connectivity index is 1.61. The van der Waals surface area contributed by atoms with Crippen LogP contribution in [0, 0.1) is 12.8 Å². The first kappa shape index (κ1) is 12.6. The lowest BCUT2D eigenvalue weighted by Crippen LogP contribution is -2.27. The molecule has 0 amide bonds. The van der Waals surface area contributed by atoms with Crippen molar-refractivity contribution in [3.8, 4) is 0 Å². The van der Waals surface area contributed by atoms with Crippen LogP contribution in [0.4, 0.5) is 11.5 Å². The van der Waals surface area contributed by atoms with E-state index in [9.17, 15) is 0 Å². The van der Waals surface area contributed by atoms with Crippen molar-refractivity contribution in [3.63, 3.8) is 0 Å². The van der Waals surface area contributed by atoms with Crippen molar-refractivity contribution in [2.24, 2.45) is 11.7 Å². The van der Waals surface area contributed by atoms with E-state index in [1.807, 2.05) is 19.2 Å². The van der Waals surface area contributed by atoms with E-state index in [1.165, 1.54) is 23.2 Å². The van der Waals surface area contributed by atoms with E-state index >= 15 is 0 Å². The van der Waals surface area contributed by atoms with Gasteiger partial charge in [0.1, 0.15) is 11.6 Å². The quantitative estimate of drug-likeness (QED) is 0.924. The van der Waals surface area contributed by atoms with Crippen LogP contribution in [0.5, 0.6) is 0 Å². The lowest BCUT2D eigenvalue weighted by atomic mass is 9.95. The number of nitrogens with two attached hydrogens (primary N) is 1. The Hall–Kier alpha value is -1.94. The summed E-state index contributed by atoms with van der Waals surface area (Å²) in [6.45, 7) is 3.02. The second-order valence-corrected chi connectivity index (χ2v) is 7.10. The van der Waals surface area contributed by atoms with Crippen LogP contribution in [0.25, 0.3) is 0 Å². The third kappa shape index (κ3) is 1.80. The zero-order chi connectivity index (χ0) is 14.9. The summed E-state index contributed by atoms with van der Waals surface area (Å²) in [7, 11) is 0. The Labute approximate surface area is 130 Å². The Morgan fingerprint density at radius 1 is 1.27 bits per heavy atom. The van der Waals surface area contributed by atoms with Crippen LogP contribution in [-0.2, 0) is 5.54 Å². The smallest absolute Gasteiger partial charge is 0.136 e. The Morgan fingerprint density at radius 2 is 2.14 bits per heavy atom. The van der Waals surface area contributed by atoms with Gasteiger partial charge in [0.2, 0.25) is 0 Å². The average molecular weight is 292 g/mol. The summed E-state index contributed by atoms with van der Waals surface area (Å²) in [4.78, 5) is 11.2. The molecule has 2 aliphatic carbocycles. The molecule has 0 bridgehead atoms. The van der Waals surface area contributed by atoms with Gasteiger partial charge in [0.25, 0.3) is 0 Å². The Kier molecular flexibility index (Phi) is 2.33. The number of anilines is 2. The maximum absolute atomic E-state index is 6.39. The molecule has 1 aromatic heterocycles. The van der Waals surface area contributed by atoms with Crippen LogP contribution in [0.3, 0.4) is 0 Å². The maximum atomic E-state index is 6.39. The van der Waals surface area contributed by atoms with Crippen molar-refractivity contribution in [1.82, 2.24) is 9.97 Å². The number of aryl methyl sites for hydroxylation is 1. The molecule has 2 aromatic rings. The number of hydrogen-bond donors (Lipinski definition) is 1. The number of rotatable bonds is 2. The monoisotopic (exact) mass is 292 g/mol. The molecule has 2 heterocycles. The number of benzene rings is 1. The van der Waals surface area contributed by atoms with E-state index in [2.05, 4.69) is 33.1 Å². The molecule has 4 nitrogen and oxygen atoms in total. The standard InChI is InChI=1S/C18H20N4/c1-11-20-7-4-17(21-11)22-10-12-8-14(12)15-9-13(2-3-16(15)22)18(19)5-6-18/h2-4,7,9,12,14H,5-6,8,10,19H2,1H3/t12-,14-/m0/s1. The topological polar surface area (TPSA) is 55.0 Å². The minimum Gasteiger partial charge on any atom is -0.326 e. The summed E-state index contributed by atoms with van der Waals surface area (Å²) in [5.41, 5.74) is 10.4. The highest BCUT2D eigenvalue weighted by atomic mass is 15.2. The minimum absolute atomic E-state index is 0.0484. The van der Waals surface area contributed by atoms with Crippen molar-refractivity contribution >= 4 is 11.5 Å². The Bertz CT molecular complexity index is 765. The van der Waals surface area contributed by atoms with E-state index in [0.717, 1.165) is 42.9 Å². The van der Waals surface area contributed by atoms with Gasteiger partial charge in [-0.3, -0.25) is 0 Å². The summed E-state index contributed by atoms with van der Waals surface area (Å²) < 4.78 is 0. The fraction of sp³-hybridized carbons (Fsp3) is 0.444. The summed E-state index contributed by atoms with van der Waals surface area (Å²) in [5, 5.41) is 0. The van der Waals surface area contributed by atoms with E-state index < -0.39 is 0 Å². The van der Waals surface area contributed by atoms with Crippen LogP contribution in [0.1, 0.15) is 42.1 Å². The fourth-order valence-corrected chi connectivity index (χ4v) is 3.80. The maximum Gasteiger partial charge on any atom is 0.136 e. The summed E-state index contributed by atoms with van der Waals surface area (Å²) in [6.07, 6.45) is 5.39. The van der Waals surface area contributed by atoms with E-state index in [0.29, 0.717) is 0 Å². The lowest BCUT2D eigenvalue weighted by Gasteiger charge is -2.31. The first-order valence-electron chi connectivity index (χ1n) is 8.15. The van der Waals surface area contributed by atoms with Gasteiger partial charge in [-0.2, -0.15) is 0 Å². The SMILES string of the molecule is Cc1nccc(N2C[C@@H]3C[C@@H]3c3cc(C4(N)CC4)ccc32)n1. The molecule has 4 heteroatoms. The fourth-order valence-electron chi connectivity index (χ4n) is 3.80. The van der Waals surface area contributed by atoms with Crippen molar-refractivity contribution in [2.75, 3.05) is 11.4 Å². The molecule has 2 atom stereocenters. The van der Waals surface area contributed by atoms with E-state index in [-0.39, 0.29) is 5.54 Å². The zero-order valence-corrected chi connectivity index (χ0v) is 12.8. The van der Waals surface area contributed by atoms with Gasteiger partial charge in [0.05, 0.1) is 0 Å². The van der Waals surface area contributed by atoms with Gasteiger partial charge >= 0.3 is 0 Å². The number of aromatic nitrogens is 2. The molecule has 2 saturated carbocycles.